The Morgan fingerprint density at radius 3 is 1.75 bits per heavy atom. The highest BCUT2D eigenvalue weighted by Gasteiger charge is 2.54. The molecule has 0 aliphatic carbocycles. The van der Waals surface area contributed by atoms with Crippen molar-refractivity contribution in [1.82, 2.24) is 51.5 Å². The van der Waals surface area contributed by atoms with Crippen LogP contribution in [-0.2, 0) is 39.9 Å². The molecule has 6 rings (SSSR count). The number of hydrogen-bond acceptors (Lipinski definition) is 17. The van der Waals surface area contributed by atoms with Crippen LogP contribution >= 0.6 is 45.2 Å². The number of nitrogens with zero attached hydrogens (tertiary/aromatic N) is 6. The third kappa shape index (κ3) is 15.8. The number of rotatable bonds is 12. The molecular weight excluding hydrogens is 1260 g/mol. The van der Waals surface area contributed by atoms with Crippen molar-refractivity contribution in [3.63, 3.8) is 0 Å². The minimum absolute atomic E-state index is 0.00823. The molecule has 6 amide bonds. The molecule has 0 bridgehead atoms. The largest absolute Gasteiger partial charge is 0.497 e. The Morgan fingerprint density at radius 2 is 1.19 bits per heavy atom. The lowest BCUT2D eigenvalue weighted by atomic mass is 9.92. The first kappa shape index (κ1) is 66.3. The van der Waals surface area contributed by atoms with E-state index in [0.29, 0.717) is 22.8 Å². The maximum Gasteiger partial charge on any atom is 0.246 e. The first-order valence-corrected chi connectivity index (χ1v) is 29.4. The maximum atomic E-state index is 15.2. The number of guanidine groups is 2. The van der Waals surface area contributed by atoms with Gasteiger partial charge in [-0.2, -0.15) is 0 Å². The van der Waals surface area contributed by atoms with E-state index >= 15 is 4.79 Å². The van der Waals surface area contributed by atoms with E-state index in [0.717, 1.165) is 0 Å². The highest BCUT2D eigenvalue weighted by atomic mass is 127. The third-order valence-electron chi connectivity index (χ3n) is 14.1. The van der Waals surface area contributed by atoms with Crippen LogP contribution < -0.4 is 36.6 Å². The first-order chi connectivity index (χ1) is 37.7. The monoisotopic (exact) mass is 1340 g/mol. The Hall–Kier alpha value is -5.26. The molecule has 4 aliphatic rings. The van der Waals surface area contributed by atoms with Crippen LogP contribution in [-0.4, -0.2) is 273 Å². The van der Waals surface area contributed by atoms with Crippen molar-refractivity contribution in [2.45, 2.75) is 104 Å². The van der Waals surface area contributed by atoms with Gasteiger partial charge in [0.05, 0.1) is 39.0 Å². The first-order valence-electron chi connectivity index (χ1n) is 25.1. The maximum absolute atomic E-state index is 15.2. The van der Waals surface area contributed by atoms with E-state index in [1.165, 1.54) is 38.1 Å². The molecule has 15 unspecified atom stereocenters. The summed E-state index contributed by atoms with van der Waals surface area (Å²) in [5, 5.41) is 93.3. The second-order valence-electron chi connectivity index (χ2n) is 19.0. The van der Waals surface area contributed by atoms with Gasteiger partial charge in [0.15, 0.2) is 18.1 Å². The number of hydrogen-bond donors (Lipinski definition) is 13. The van der Waals surface area contributed by atoms with Gasteiger partial charge in [0.1, 0.15) is 72.6 Å². The van der Waals surface area contributed by atoms with Crippen LogP contribution in [0.1, 0.15) is 24.0 Å². The molecule has 0 saturated carbocycles. The number of likely N-dealkylation sites (N-methyl/N-ethyl adjacent to an activating group) is 3. The van der Waals surface area contributed by atoms with E-state index < -0.39 is 146 Å². The van der Waals surface area contributed by atoms with Gasteiger partial charge in [-0.05, 0) is 33.1 Å². The Bertz CT molecular complexity index is 2420. The summed E-state index contributed by atoms with van der Waals surface area (Å²) in [5.41, 5.74) is 1.11. The number of carbonyl (C=O) groups excluding carboxylic acids is 6. The number of aliphatic imine (C=N–C) groups is 2. The van der Waals surface area contributed by atoms with Gasteiger partial charge >= 0.3 is 0 Å². The molecule has 4 heterocycles. The standard InChI is InChI=1S/C48H70N12O15.2CH3I/c1-23(25-11-9-8-10-12-25)33-43(71)52-27(17-24-13-15-26(74-7)16-14-24)42(70)55-34(36(64)29-19-57(4)47(49-2)59(29)6)45(73)56-35(44(72)53-28(21-61)41(69)51-18-32(63)54-33)37(65)30-20-58(5)48(50-3)60(30)46-40(68)39(67)38(66)31(22-62)75-46;2*1-2/h8-16,23,27-31,33-40,46,61-62,64-68H,17-22H2,1-7H3,(H,51,69)(H,52,71)(H,53,72)(H,54,63)(H,55,70)(H,56,73);2*1H3. The van der Waals surface area contributed by atoms with Gasteiger partial charge in [-0.25, -0.2) is 0 Å². The van der Waals surface area contributed by atoms with Gasteiger partial charge in [0, 0.05) is 60.7 Å². The molecule has 0 spiro atoms. The van der Waals surface area contributed by atoms with Crippen molar-refractivity contribution in [3.05, 3.63) is 65.7 Å². The predicted molar refractivity (Wildman–Crippen MR) is 306 cm³/mol. The normalized spacial score (nSPS) is 30.7. The summed E-state index contributed by atoms with van der Waals surface area (Å²) in [5.74, 6) is -6.32. The summed E-state index contributed by atoms with van der Waals surface area (Å²) in [6, 6.07) is 3.73. The van der Waals surface area contributed by atoms with Crippen molar-refractivity contribution in [3.8, 4) is 5.75 Å². The van der Waals surface area contributed by atoms with Gasteiger partial charge in [-0.3, -0.25) is 38.8 Å². The molecule has 4 aliphatic heterocycles. The molecule has 2 aromatic rings. The van der Waals surface area contributed by atoms with Gasteiger partial charge < -0.3 is 96.7 Å². The minimum atomic E-state index is -2.19. The van der Waals surface area contributed by atoms with Crippen molar-refractivity contribution in [1.29, 1.82) is 0 Å². The van der Waals surface area contributed by atoms with Gasteiger partial charge in [0.25, 0.3) is 0 Å². The lowest BCUT2D eigenvalue weighted by Gasteiger charge is -2.46. The zero-order valence-corrected chi connectivity index (χ0v) is 49.7. The third-order valence-corrected chi connectivity index (χ3v) is 14.1. The fourth-order valence-electron chi connectivity index (χ4n) is 9.90. The number of halogens is 2. The summed E-state index contributed by atoms with van der Waals surface area (Å²) < 4.78 is 11.2. The van der Waals surface area contributed by atoms with E-state index in [-0.39, 0.29) is 25.5 Å². The molecule has 2 aromatic carbocycles. The summed E-state index contributed by atoms with van der Waals surface area (Å²) in [4.78, 5) is 105. The predicted octanol–water partition coefficient (Wildman–Crippen LogP) is -4.96. The number of ether oxygens (including phenoxy) is 2. The highest BCUT2D eigenvalue weighted by molar-refractivity contribution is 14.1. The van der Waals surface area contributed by atoms with Crippen LogP contribution in [0.25, 0.3) is 0 Å². The van der Waals surface area contributed by atoms with Gasteiger partial charge in [-0.1, -0.05) is 94.6 Å². The van der Waals surface area contributed by atoms with Crippen LogP contribution in [0.3, 0.4) is 0 Å². The second kappa shape index (κ2) is 31.1. The molecule has 440 valence electrons. The van der Waals surface area contributed by atoms with Crippen molar-refractivity contribution in [2.24, 2.45) is 9.98 Å². The number of benzene rings is 2. The van der Waals surface area contributed by atoms with Crippen molar-refractivity contribution >= 4 is 92.5 Å². The molecule has 4 saturated heterocycles. The van der Waals surface area contributed by atoms with Crippen molar-refractivity contribution < 1.29 is 74.0 Å². The number of aliphatic hydroxyl groups excluding tert-OH is 7. The van der Waals surface area contributed by atoms with E-state index in [9.17, 15) is 59.7 Å². The molecule has 0 aromatic heterocycles. The number of amides is 6. The average Bonchev–Trinajstić information content (AvgIpc) is 3.99. The smallest absolute Gasteiger partial charge is 0.246 e. The molecule has 4 fully saturated rings. The minimum Gasteiger partial charge on any atom is -0.497 e. The Kier molecular flexibility index (Phi) is 26.1. The average molecular weight is 1340 g/mol. The lowest BCUT2D eigenvalue weighted by Crippen LogP contribution is -2.69. The molecule has 13 N–H and O–H groups in total. The summed E-state index contributed by atoms with van der Waals surface area (Å²) in [6.07, 6.45) is -12.9. The summed E-state index contributed by atoms with van der Waals surface area (Å²) in [7, 11) is 9.11. The molecular formula is C50H76I2N12O15. The summed E-state index contributed by atoms with van der Waals surface area (Å²) >= 11 is 4.30. The van der Waals surface area contributed by atoms with Crippen LogP contribution in [0, 0.1) is 0 Å². The number of alkyl halides is 2. The summed E-state index contributed by atoms with van der Waals surface area (Å²) in [6.45, 7) is -1.22. The fourth-order valence-corrected chi connectivity index (χ4v) is 9.90. The number of carbonyl (C=O) groups is 6. The van der Waals surface area contributed by atoms with Crippen LogP contribution in [0.5, 0.6) is 5.75 Å². The Labute approximate surface area is 486 Å². The van der Waals surface area contributed by atoms with Crippen LogP contribution in [0.2, 0.25) is 0 Å². The van der Waals surface area contributed by atoms with E-state index in [1.807, 2.05) is 9.86 Å². The van der Waals surface area contributed by atoms with Gasteiger partial charge in [-0.15, -0.1) is 0 Å². The van der Waals surface area contributed by atoms with E-state index in [4.69, 9.17) is 9.47 Å². The highest BCUT2D eigenvalue weighted by Crippen LogP contribution is 2.31. The zero-order chi connectivity index (χ0) is 59.0. The Morgan fingerprint density at radius 1 is 0.658 bits per heavy atom. The lowest BCUT2D eigenvalue weighted by molar-refractivity contribution is -0.260. The van der Waals surface area contributed by atoms with Gasteiger partial charge in [0.2, 0.25) is 35.4 Å². The zero-order valence-electron chi connectivity index (χ0n) is 45.4. The number of aliphatic hydroxyl groups is 7. The van der Waals surface area contributed by atoms with Crippen LogP contribution in [0.4, 0.5) is 0 Å². The van der Waals surface area contributed by atoms with E-state index in [2.05, 4.69) is 87.1 Å². The SMILES string of the molecule is CI.CI.CN=C1N(C)CC(C(O)C2NC(=O)C(Cc3ccc(OC)cc3)NC(=O)C(C(C)c3ccccc3)NC(=O)CNC(=O)C(CO)NC(=O)C(C(O)C3CN(C)C(=NC)N3C3OC(CO)C(O)C(O)C3O)NC2=O)N1C. The van der Waals surface area contributed by atoms with E-state index in [1.54, 1.807) is 85.4 Å². The molecule has 27 nitrogen and oxygen atoms in total. The quantitative estimate of drug-likeness (QED) is 0.0699. The molecule has 79 heavy (non-hydrogen) atoms. The topological polar surface area (TPSA) is 372 Å². The molecule has 15 atom stereocenters. The molecule has 0 radical (unpaired) electrons. The Balaban J connectivity index is 0.00000328. The number of methoxy groups -OCH3 is 1. The van der Waals surface area contributed by atoms with Crippen LogP contribution in [0.15, 0.2) is 64.6 Å². The van der Waals surface area contributed by atoms with Crippen molar-refractivity contribution in [2.75, 3.05) is 85.1 Å². The second-order valence-corrected chi connectivity index (χ2v) is 19.0. The number of nitrogens with one attached hydrogen (secondary N) is 6. The fraction of sp³-hybridized carbons (Fsp3) is 0.600. The molecule has 29 heteroatoms.